The molecular formula is C15H16IN5O. The van der Waals surface area contributed by atoms with E-state index in [0.717, 1.165) is 28.3 Å². The van der Waals surface area contributed by atoms with Gasteiger partial charge in [-0.3, -0.25) is 0 Å². The summed E-state index contributed by atoms with van der Waals surface area (Å²) in [6, 6.07) is 9.50. The molecular weight excluding hydrogens is 393 g/mol. The maximum atomic E-state index is 12.3. The van der Waals surface area contributed by atoms with E-state index in [1.54, 1.807) is 18.5 Å². The number of hydrogen-bond donors (Lipinski definition) is 1. The Balaban J connectivity index is 1.57. The van der Waals surface area contributed by atoms with Crippen LogP contribution in [0.3, 0.4) is 0 Å². The molecule has 0 saturated carbocycles. The van der Waals surface area contributed by atoms with Crippen molar-refractivity contribution in [3.63, 3.8) is 0 Å². The number of halogens is 1. The van der Waals surface area contributed by atoms with E-state index in [1.807, 2.05) is 29.2 Å². The van der Waals surface area contributed by atoms with E-state index in [2.05, 4.69) is 42.8 Å². The number of hydrogen-bond acceptors (Lipinski definition) is 4. The van der Waals surface area contributed by atoms with Crippen molar-refractivity contribution in [3.8, 4) is 0 Å². The van der Waals surface area contributed by atoms with Crippen molar-refractivity contribution in [2.24, 2.45) is 0 Å². The molecule has 0 aliphatic carbocycles. The molecule has 0 radical (unpaired) electrons. The van der Waals surface area contributed by atoms with Gasteiger partial charge in [0.15, 0.2) is 0 Å². The smallest absolute Gasteiger partial charge is 0.321 e. The van der Waals surface area contributed by atoms with Crippen LogP contribution in [0.1, 0.15) is 0 Å². The lowest BCUT2D eigenvalue weighted by atomic mass is 10.3. The normalized spacial score (nSPS) is 14.8. The van der Waals surface area contributed by atoms with Gasteiger partial charge >= 0.3 is 6.03 Å². The van der Waals surface area contributed by atoms with Gasteiger partial charge in [0.1, 0.15) is 0 Å². The van der Waals surface area contributed by atoms with Gasteiger partial charge < -0.3 is 15.1 Å². The summed E-state index contributed by atoms with van der Waals surface area (Å²) in [5.41, 5.74) is 0.849. The van der Waals surface area contributed by atoms with Gasteiger partial charge in [-0.15, -0.1) is 0 Å². The molecule has 2 amide bonds. The van der Waals surface area contributed by atoms with E-state index in [0.29, 0.717) is 13.1 Å². The molecule has 0 atom stereocenters. The molecule has 0 bridgehead atoms. The van der Waals surface area contributed by atoms with Crippen LogP contribution in [0.2, 0.25) is 0 Å². The third-order valence-corrected chi connectivity index (χ3v) is 4.46. The first kappa shape index (κ1) is 15.0. The molecule has 0 unspecified atom stereocenters. The summed E-state index contributed by atoms with van der Waals surface area (Å²) in [5.74, 6) is 0.722. The van der Waals surface area contributed by atoms with Crippen molar-refractivity contribution in [3.05, 3.63) is 46.3 Å². The van der Waals surface area contributed by atoms with Crippen molar-refractivity contribution in [2.75, 3.05) is 36.4 Å². The summed E-state index contributed by atoms with van der Waals surface area (Å²) in [6.45, 7) is 2.80. The van der Waals surface area contributed by atoms with Crippen LogP contribution in [0.15, 0.2) is 42.7 Å². The van der Waals surface area contributed by atoms with E-state index in [9.17, 15) is 4.79 Å². The number of urea groups is 1. The zero-order chi connectivity index (χ0) is 15.4. The molecule has 1 fully saturated rings. The zero-order valence-electron chi connectivity index (χ0n) is 11.9. The van der Waals surface area contributed by atoms with Crippen molar-refractivity contribution < 1.29 is 4.79 Å². The predicted octanol–water partition coefficient (Wildman–Crippen LogP) is 2.44. The molecule has 114 valence electrons. The maximum Gasteiger partial charge on any atom is 0.321 e. The van der Waals surface area contributed by atoms with Crippen LogP contribution >= 0.6 is 22.6 Å². The Hall–Kier alpha value is -1.90. The number of carbonyl (C=O) groups is 1. The highest BCUT2D eigenvalue weighted by molar-refractivity contribution is 14.1. The van der Waals surface area contributed by atoms with Crippen LogP contribution in [-0.4, -0.2) is 47.1 Å². The van der Waals surface area contributed by atoms with E-state index >= 15 is 0 Å². The first-order valence-electron chi connectivity index (χ1n) is 7.06. The topological polar surface area (TPSA) is 61.4 Å². The Morgan fingerprint density at radius 2 is 1.73 bits per heavy atom. The molecule has 2 aromatic rings. The second-order valence-electron chi connectivity index (χ2n) is 4.93. The fourth-order valence-electron chi connectivity index (χ4n) is 2.32. The van der Waals surface area contributed by atoms with Crippen molar-refractivity contribution in [1.82, 2.24) is 14.9 Å². The van der Waals surface area contributed by atoms with Crippen molar-refractivity contribution >= 4 is 40.3 Å². The number of rotatable bonds is 2. The summed E-state index contributed by atoms with van der Waals surface area (Å²) >= 11 is 2.22. The third-order valence-electron chi connectivity index (χ3n) is 3.52. The minimum absolute atomic E-state index is 0.0576. The van der Waals surface area contributed by atoms with Gasteiger partial charge in [-0.05, 0) is 40.8 Å². The Bertz CT molecular complexity index is 643. The summed E-state index contributed by atoms with van der Waals surface area (Å²) in [5, 5.41) is 2.96. The Morgan fingerprint density at radius 3 is 2.41 bits per heavy atom. The quantitative estimate of drug-likeness (QED) is 0.775. The Morgan fingerprint density at radius 1 is 1.05 bits per heavy atom. The van der Waals surface area contributed by atoms with E-state index in [-0.39, 0.29) is 6.03 Å². The van der Waals surface area contributed by atoms with Crippen LogP contribution in [0, 0.1) is 3.57 Å². The molecule has 1 aromatic carbocycles. The van der Waals surface area contributed by atoms with Gasteiger partial charge in [-0.25, -0.2) is 14.8 Å². The van der Waals surface area contributed by atoms with Gasteiger partial charge in [0.2, 0.25) is 5.95 Å². The summed E-state index contributed by atoms with van der Waals surface area (Å²) < 4.78 is 1.03. The molecule has 1 aliphatic heterocycles. The molecule has 2 heterocycles. The number of nitrogens with one attached hydrogen (secondary N) is 1. The molecule has 1 N–H and O–H groups in total. The summed E-state index contributed by atoms with van der Waals surface area (Å²) in [6.07, 6.45) is 3.47. The van der Waals surface area contributed by atoms with Crippen LogP contribution in [0.25, 0.3) is 0 Å². The molecule has 1 saturated heterocycles. The van der Waals surface area contributed by atoms with E-state index in [4.69, 9.17) is 0 Å². The number of benzene rings is 1. The second-order valence-corrected chi connectivity index (χ2v) is 6.10. The van der Waals surface area contributed by atoms with Crippen molar-refractivity contribution in [1.29, 1.82) is 0 Å². The number of carbonyl (C=O) groups excluding carboxylic acids is 1. The van der Waals surface area contributed by atoms with E-state index < -0.39 is 0 Å². The Kier molecular flexibility index (Phi) is 4.71. The van der Waals surface area contributed by atoms with Crippen LogP contribution < -0.4 is 10.2 Å². The lowest BCUT2D eigenvalue weighted by Crippen LogP contribution is -2.50. The number of para-hydroxylation sites is 1. The summed E-state index contributed by atoms with van der Waals surface area (Å²) in [4.78, 5) is 24.7. The van der Waals surface area contributed by atoms with Crippen LogP contribution in [0.5, 0.6) is 0 Å². The molecule has 7 heteroatoms. The second kappa shape index (κ2) is 6.91. The number of piperazine rings is 1. The molecule has 1 aliphatic rings. The molecule has 1 aromatic heterocycles. The number of amides is 2. The molecule has 6 nitrogen and oxygen atoms in total. The molecule has 22 heavy (non-hydrogen) atoms. The Labute approximate surface area is 142 Å². The molecule has 3 rings (SSSR count). The van der Waals surface area contributed by atoms with Crippen molar-refractivity contribution in [2.45, 2.75) is 0 Å². The first-order chi connectivity index (χ1) is 10.7. The lowest BCUT2D eigenvalue weighted by Gasteiger charge is -2.34. The first-order valence-corrected chi connectivity index (χ1v) is 8.14. The SMILES string of the molecule is O=C(Nc1ccccc1I)N1CCN(c2ncccn2)CC1. The van der Waals surface area contributed by atoms with Crippen LogP contribution in [-0.2, 0) is 0 Å². The minimum Gasteiger partial charge on any atom is -0.337 e. The predicted molar refractivity (Wildman–Crippen MR) is 94.0 cm³/mol. The monoisotopic (exact) mass is 409 g/mol. The van der Waals surface area contributed by atoms with Gasteiger partial charge in [0, 0.05) is 42.1 Å². The van der Waals surface area contributed by atoms with Gasteiger partial charge in [0.25, 0.3) is 0 Å². The fourth-order valence-corrected chi connectivity index (χ4v) is 2.84. The number of aromatic nitrogens is 2. The lowest BCUT2D eigenvalue weighted by molar-refractivity contribution is 0.208. The zero-order valence-corrected chi connectivity index (χ0v) is 14.1. The number of nitrogens with zero attached hydrogens (tertiary/aromatic N) is 4. The average molecular weight is 409 g/mol. The molecule has 0 spiro atoms. The highest BCUT2D eigenvalue weighted by Crippen LogP contribution is 2.18. The average Bonchev–Trinajstić information content (AvgIpc) is 2.58. The standard InChI is InChI=1S/C15H16IN5O/c16-12-4-1-2-5-13(12)19-15(22)21-10-8-20(9-11-21)14-17-6-3-7-18-14/h1-7H,8-11H2,(H,19,22). The largest absolute Gasteiger partial charge is 0.337 e. The minimum atomic E-state index is -0.0576. The fraction of sp³-hybridized carbons (Fsp3) is 0.267. The van der Waals surface area contributed by atoms with E-state index in [1.165, 1.54) is 0 Å². The summed E-state index contributed by atoms with van der Waals surface area (Å²) in [7, 11) is 0. The third kappa shape index (κ3) is 3.46. The van der Waals surface area contributed by atoms with Gasteiger partial charge in [0.05, 0.1) is 5.69 Å². The highest BCUT2D eigenvalue weighted by atomic mass is 127. The maximum absolute atomic E-state index is 12.3. The highest BCUT2D eigenvalue weighted by Gasteiger charge is 2.22. The number of anilines is 2. The van der Waals surface area contributed by atoms with Gasteiger partial charge in [-0.1, -0.05) is 12.1 Å². The van der Waals surface area contributed by atoms with Gasteiger partial charge in [-0.2, -0.15) is 0 Å². The van der Waals surface area contributed by atoms with Crippen LogP contribution in [0.4, 0.5) is 16.4 Å².